The second-order valence-corrected chi connectivity index (χ2v) is 6.34. The molecule has 1 atom stereocenters. The monoisotopic (exact) mass is 226 g/mol. The van der Waals surface area contributed by atoms with Crippen molar-refractivity contribution in [2.75, 3.05) is 0 Å². The third kappa shape index (κ3) is 9.24. The summed E-state index contributed by atoms with van der Waals surface area (Å²) in [7, 11) is 0. The van der Waals surface area contributed by atoms with Gasteiger partial charge in [0.1, 0.15) is 0 Å². The second-order valence-electron chi connectivity index (χ2n) is 6.34. The van der Waals surface area contributed by atoms with Crippen molar-refractivity contribution in [2.45, 2.75) is 92.4 Å². The van der Waals surface area contributed by atoms with Crippen LogP contribution in [0.4, 0.5) is 0 Å². The van der Waals surface area contributed by atoms with E-state index in [0.29, 0.717) is 5.41 Å². The van der Waals surface area contributed by atoms with Crippen LogP contribution in [-0.4, -0.2) is 0 Å². The Bertz CT molecular complexity index is 146. The molecule has 0 nitrogen and oxygen atoms in total. The molecule has 0 bridgehead atoms. The summed E-state index contributed by atoms with van der Waals surface area (Å²) in [6, 6.07) is 0. The van der Waals surface area contributed by atoms with Gasteiger partial charge in [-0.3, -0.25) is 0 Å². The minimum absolute atomic E-state index is 0.580. The lowest BCUT2D eigenvalue weighted by molar-refractivity contribution is 0.307. The second kappa shape index (κ2) is 9.07. The van der Waals surface area contributed by atoms with Gasteiger partial charge in [0, 0.05) is 0 Å². The molecule has 0 saturated heterocycles. The maximum Gasteiger partial charge on any atom is -0.0357 e. The molecular weight excluding hydrogens is 192 g/mol. The van der Waals surface area contributed by atoms with Gasteiger partial charge in [-0.2, -0.15) is 0 Å². The zero-order valence-corrected chi connectivity index (χ0v) is 12.4. The molecule has 0 aromatic heterocycles. The molecule has 0 heterocycles. The minimum Gasteiger partial charge on any atom is -0.0651 e. The minimum atomic E-state index is 0.580. The van der Waals surface area contributed by atoms with Gasteiger partial charge >= 0.3 is 0 Å². The van der Waals surface area contributed by atoms with Crippen molar-refractivity contribution >= 4 is 0 Å². The fourth-order valence-electron chi connectivity index (χ4n) is 2.01. The fraction of sp³-hybridized carbons (Fsp3) is 1.00. The van der Waals surface area contributed by atoms with E-state index in [1.807, 2.05) is 0 Å². The largest absolute Gasteiger partial charge is 0.0651 e. The molecule has 0 rings (SSSR count). The van der Waals surface area contributed by atoms with Gasteiger partial charge in [0.2, 0.25) is 0 Å². The maximum atomic E-state index is 2.40. The molecule has 0 aromatic rings. The van der Waals surface area contributed by atoms with Gasteiger partial charge in [-0.25, -0.2) is 0 Å². The molecule has 0 saturated carbocycles. The molecular formula is C16H34. The lowest BCUT2D eigenvalue weighted by atomic mass is 9.84. The van der Waals surface area contributed by atoms with Crippen molar-refractivity contribution in [3.05, 3.63) is 0 Å². The van der Waals surface area contributed by atoms with Crippen molar-refractivity contribution in [3.8, 4) is 0 Å². The average Bonchev–Trinajstić information content (AvgIpc) is 2.27. The Labute approximate surface area is 104 Å². The number of unbranched alkanes of at least 4 members (excludes halogenated alkanes) is 4. The average molecular weight is 226 g/mol. The molecule has 0 radical (unpaired) electrons. The standard InChI is InChI=1S/C16H34/c1-6-15(3)13-11-9-8-10-12-14-16(4,5)7-2/h15H,6-14H2,1-5H3. The molecule has 0 heteroatoms. The first-order valence-electron chi connectivity index (χ1n) is 7.52. The SMILES string of the molecule is CCC(C)CCCCCCCC(C)(C)CC. The van der Waals surface area contributed by atoms with Gasteiger partial charge < -0.3 is 0 Å². The van der Waals surface area contributed by atoms with Crippen molar-refractivity contribution in [3.63, 3.8) is 0 Å². The normalized spacial score (nSPS) is 14.1. The molecule has 0 N–H and O–H groups in total. The molecule has 0 spiro atoms. The molecule has 1 unspecified atom stereocenters. The third-order valence-electron chi connectivity index (χ3n) is 4.20. The summed E-state index contributed by atoms with van der Waals surface area (Å²) in [4.78, 5) is 0. The lowest BCUT2D eigenvalue weighted by Gasteiger charge is -2.22. The van der Waals surface area contributed by atoms with E-state index in [4.69, 9.17) is 0 Å². The van der Waals surface area contributed by atoms with Crippen LogP contribution in [0, 0.1) is 11.3 Å². The number of hydrogen-bond acceptors (Lipinski definition) is 0. The quantitative estimate of drug-likeness (QED) is 0.389. The van der Waals surface area contributed by atoms with Gasteiger partial charge in [0.05, 0.1) is 0 Å². The van der Waals surface area contributed by atoms with Crippen LogP contribution in [0.1, 0.15) is 92.4 Å². The van der Waals surface area contributed by atoms with Crippen LogP contribution in [0.25, 0.3) is 0 Å². The van der Waals surface area contributed by atoms with Crippen LogP contribution in [0.5, 0.6) is 0 Å². The smallest absolute Gasteiger partial charge is 0.0357 e. The highest BCUT2D eigenvalue weighted by atomic mass is 14.2. The van der Waals surface area contributed by atoms with Crippen molar-refractivity contribution < 1.29 is 0 Å². The van der Waals surface area contributed by atoms with Crippen LogP contribution in [0.2, 0.25) is 0 Å². The molecule has 16 heavy (non-hydrogen) atoms. The van der Waals surface area contributed by atoms with E-state index in [1.165, 1.54) is 57.8 Å². The van der Waals surface area contributed by atoms with Gasteiger partial charge in [-0.1, -0.05) is 86.0 Å². The molecule has 0 aliphatic rings. The summed E-state index contributed by atoms with van der Waals surface area (Å²) in [6.45, 7) is 11.8. The van der Waals surface area contributed by atoms with Crippen molar-refractivity contribution in [1.29, 1.82) is 0 Å². The van der Waals surface area contributed by atoms with Crippen molar-refractivity contribution in [1.82, 2.24) is 0 Å². The molecule has 0 amide bonds. The first-order valence-corrected chi connectivity index (χ1v) is 7.52. The first kappa shape index (κ1) is 16.0. The number of hydrogen-bond donors (Lipinski definition) is 0. The Morgan fingerprint density at radius 2 is 1.44 bits per heavy atom. The summed E-state index contributed by atoms with van der Waals surface area (Å²) >= 11 is 0. The van der Waals surface area contributed by atoms with Crippen LogP contribution in [0.15, 0.2) is 0 Å². The summed E-state index contributed by atoms with van der Waals surface area (Å²) < 4.78 is 0. The predicted octanol–water partition coefficient (Wildman–Crippen LogP) is 6.20. The Morgan fingerprint density at radius 3 is 2.00 bits per heavy atom. The highest BCUT2D eigenvalue weighted by Crippen LogP contribution is 2.27. The predicted molar refractivity (Wildman–Crippen MR) is 75.8 cm³/mol. The Balaban J connectivity index is 3.22. The summed E-state index contributed by atoms with van der Waals surface area (Å²) in [5, 5.41) is 0. The van der Waals surface area contributed by atoms with E-state index < -0.39 is 0 Å². The van der Waals surface area contributed by atoms with Crippen LogP contribution in [-0.2, 0) is 0 Å². The van der Waals surface area contributed by atoms with Gasteiger partial charge in [0.15, 0.2) is 0 Å². The molecule has 0 aliphatic heterocycles. The highest BCUT2D eigenvalue weighted by molar-refractivity contribution is 4.65. The molecule has 0 fully saturated rings. The van der Waals surface area contributed by atoms with Crippen LogP contribution in [0.3, 0.4) is 0 Å². The van der Waals surface area contributed by atoms with E-state index in [1.54, 1.807) is 0 Å². The van der Waals surface area contributed by atoms with E-state index in [9.17, 15) is 0 Å². The van der Waals surface area contributed by atoms with E-state index in [-0.39, 0.29) is 0 Å². The van der Waals surface area contributed by atoms with E-state index in [2.05, 4.69) is 34.6 Å². The van der Waals surface area contributed by atoms with Crippen molar-refractivity contribution in [2.24, 2.45) is 11.3 Å². The summed E-state index contributed by atoms with van der Waals surface area (Å²) in [6.07, 6.45) is 12.8. The highest BCUT2D eigenvalue weighted by Gasteiger charge is 2.13. The van der Waals surface area contributed by atoms with Gasteiger partial charge in [0.25, 0.3) is 0 Å². The summed E-state index contributed by atoms with van der Waals surface area (Å²) in [5.41, 5.74) is 0.580. The number of rotatable bonds is 10. The molecule has 0 aromatic carbocycles. The zero-order valence-electron chi connectivity index (χ0n) is 12.4. The summed E-state index contributed by atoms with van der Waals surface area (Å²) in [5.74, 6) is 0.944. The fourth-order valence-corrected chi connectivity index (χ4v) is 2.01. The van der Waals surface area contributed by atoms with Gasteiger partial charge in [-0.15, -0.1) is 0 Å². The topological polar surface area (TPSA) is 0 Å². The first-order chi connectivity index (χ1) is 7.52. The van der Waals surface area contributed by atoms with E-state index in [0.717, 1.165) is 5.92 Å². The van der Waals surface area contributed by atoms with E-state index >= 15 is 0 Å². The Hall–Kier alpha value is 0. The van der Waals surface area contributed by atoms with Crippen LogP contribution >= 0.6 is 0 Å². The maximum absolute atomic E-state index is 2.40. The van der Waals surface area contributed by atoms with Crippen LogP contribution < -0.4 is 0 Å². The van der Waals surface area contributed by atoms with Gasteiger partial charge in [-0.05, 0) is 17.8 Å². The molecule has 98 valence electrons. The lowest BCUT2D eigenvalue weighted by Crippen LogP contribution is -2.08. The Morgan fingerprint density at radius 1 is 0.875 bits per heavy atom. The Kier molecular flexibility index (Phi) is 9.07. The zero-order chi connectivity index (χ0) is 12.4. The third-order valence-corrected chi connectivity index (χ3v) is 4.20. The molecule has 0 aliphatic carbocycles.